The summed E-state index contributed by atoms with van der Waals surface area (Å²) >= 11 is 6.13. The van der Waals surface area contributed by atoms with Crippen LogP contribution in [0.5, 0.6) is 5.75 Å². The van der Waals surface area contributed by atoms with Gasteiger partial charge in [0.25, 0.3) is 5.56 Å². The molecule has 0 aliphatic carbocycles. The first-order valence-electron chi connectivity index (χ1n) is 9.15. The number of benzene rings is 1. The summed E-state index contributed by atoms with van der Waals surface area (Å²) in [4.78, 5) is 34.5. The molecule has 1 atom stereocenters. The molecule has 1 aromatic carbocycles. The van der Waals surface area contributed by atoms with E-state index in [2.05, 4.69) is 9.97 Å². The third kappa shape index (κ3) is 4.02. The number of fused-ring (bicyclic) bond motifs is 1. The van der Waals surface area contributed by atoms with E-state index in [1.165, 1.54) is 10.9 Å². The molecule has 1 saturated heterocycles. The first kappa shape index (κ1) is 19.2. The molecule has 0 unspecified atom stereocenters. The standard InChI is InChI=1S/C20H19ClN4O4/c1-24-18-15(17(21)22-12-23-18)9-16(19(24)26)29-14-7-8-25(10-14)20(27)28-11-13-5-3-2-4-6-13/h2-6,9,12,14H,7-8,10-11H2,1H3/t14-/m0/s1. The first-order valence-corrected chi connectivity index (χ1v) is 9.53. The molecule has 3 aromatic rings. The zero-order chi connectivity index (χ0) is 20.4. The van der Waals surface area contributed by atoms with Crippen molar-refractivity contribution in [3.05, 3.63) is 63.8 Å². The Labute approximate surface area is 171 Å². The molecular weight excluding hydrogens is 396 g/mol. The van der Waals surface area contributed by atoms with Crippen molar-refractivity contribution in [2.75, 3.05) is 13.1 Å². The van der Waals surface area contributed by atoms with Crippen molar-refractivity contribution >= 4 is 28.7 Å². The molecule has 2 aromatic heterocycles. The summed E-state index contributed by atoms with van der Waals surface area (Å²) in [5.41, 5.74) is 1.03. The van der Waals surface area contributed by atoms with Gasteiger partial charge >= 0.3 is 6.09 Å². The second kappa shape index (κ2) is 8.08. The van der Waals surface area contributed by atoms with E-state index in [0.29, 0.717) is 30.5 Å². The number of likely N-dealkylation sites (tertiary alicyclic amines) is 1. The van der Waals surface area contributed by atoms with E-state index in [9.17, 15) is 9.59 Å². The van der Waals surface area contributed by atoms with Gasteiger partial charge in [0.1, 0.15) is 29.8 Å². The van der Waals surface area contributed by atoms with Crippen molar-refractivity contribution < 1.29 is 14.3 Å². The van der Waals surface area contributed by atoms with Gasteiger partial charge in [0, 0.05) is 20.0 Å². The summed E-state index contributed by atoms with van der Waals surface area (Å²) in [6.07, 6.45) is 1.19. The van der Waals surface area contributed by atoms with Crippen LogP contribution in [0.1, 0.15) is 12.0 Å². The molecule has 1 fully saturated rings. The Balaban J connectivity index is 1.42. The Bertz CT molecular complexity index is 1100. The van der Waals surface area contributed by atoms with Crippen molar-refractivity contribution in [2.45, 2.75) is 19.1 Å². The lowest BCUT2D eigenvalue weighted by molar-refractivity contribution is 0.0990. The number of halogens is 1. The van der Waals surface area contributed by atoms with Gasteiger partial charge in [-0.1, -0.05) is 41.9 Å². The second-order valence-corrected chi connectivity index (χ2v) is 7.15. The molecule has 0 radical (unpaired) electrons. The summed E-state index contributed by atoms with van der Waals surface area (Å²) in [5, 5.41) is 0.774. The Morgan fingerprint density at radius 3 is 2.86 bits per heavy atom. The summed E-state index contributed by atoms with van der Waals surface area (Å²) in [6, 6.07) is 11.0. The highest BCUT2D eigenvalue weighted by atomic mass is 35.5. The highest BCUT2D eigenvalue weighted by Gasteiger charge is 2.29. The number of rotatable bonds is 4. The van der Waals surface area contributed by atoms with Crippen LogP contribution in [0.3, 0.4) is 0 Å². The van der Waals surface area contributed by atoms with Crippen molar-refractivity contribution in [2.24, 2.45) is 7.05 Å². The molecule has 8 nitrogen and oxygen atoms in total. The monoisotopic (exact) mass is 414 g/mol. The van der Waals surface area contributed by atoms with Crippen molar-refractivity contribution in [1.29, 1.82) is 0 Å². The number of ether oxygens (including phenoxy) is 2. The number of aromatic nitrogens is 3. The Kier molecular flexibility index (Phi) is 5.35. The minimum absolute atomic E-state index is 0.154. The molecule has 0 N–H and O–H groups in total. The fourth-order valence-electron chi connectivity index (χ4n) is 3.28. The van der Waals surface area contributed by atoms with Gasteiger partial charge < -0.3 is 14.4 Å². The molecule has 1 aliphatic heterocycles. The van der Waals surface area contributed by atoms with Crippen LogP contribution in [-0.2, 0) is 18.4 Å². The highest BCUT2D eigenvalue weighted by Crippen LogP contribution is 2.23. The minimum atomic E-state index is -0.400. The summed E-state index contributed by atoms with van der Waals surface area (Å²) < 4.78 is 12.6. The van der Waals surface area contributed by atoms with E-state index in [4.69, 9.17) is 21.1 Å². The third-order valence-corrected chi connectivity index (χ3v) is 5.13. The highest BCUT2D eigenvalue weighted by molar-refractivity contribution is 6.33. The van der Waals surface area contributed by atoms with Crippen molar-refractivity contribution in [1.82, 2.24) is 19.4 Å². The lowest BCUT2D eigenvalue weighted by Gasteiger charge is -2.17. The van der Waals surface area contributed by atoms with E-state index in [0.717, 1.165) is 5.56 Å². The summed E-state index contributed by atoms with van der Waals surface area (Å²) in [6.45, 7) is 1.05. The Hall–Kier alpha value is -3.13. The first-order chi connectivity index (χ1) is 14.0. The fraction of sp³-hybridized carbons (Fsp3) is 0.300. The maximum Gasteiger partial charge on any atom is 0.410 e. The van der Waals surface area contributed by atoms with Crippen LogP contribution in [0.4, 0.5) is 4.79 Å². The molecule has 0 bridgehead atoms. The number of hydrogen-bond acceptors (Lipinski definition) is 6. The Morgan fingerprint density at radius 2 is 2.07 bits per heavy atom. The number of hydrogen-bond donors (Lipinski definition) is 0. The molecule has 1 amide bonds. The molecule has 150 valence electrons. The lowest BCUT2D eigenvalue weighted by atomic mass is 10.2. The third-order valence-electron chi connectivity index (χ3n) is 4.82. The van der Waals surface area contributed by atoms with E-state index < -0.39 is 6.09 Å². The van der Waals surface area contributed by atoms with Crippen LogP contribution in [0.25, 0.3) is 11.0 Å². The molecule has 0 spiro atoms. The van der Waals surface area contributed by atoms with E-state index in [-0.39, 0.29) is 29.2 Å². The largest absolute Gasteiger partial charge is 0.483 e. The SMILES string of the molecule is Cn1c(=O)c(O[C@H]2CCN(C(=O)OCc3ccccc3)C2)cc2c(Cl)ncnc21. The van der Waals surface area contributed by atoms with Crippen LogP contribution >= 0.6 is 11.6 Å². The fourth-order valence-corrected chi connectivity index (χ4v) is 3.46. The van der Waals surface area contributed by atoms with Crippen LogP contribution in [0.2, 0.25) is 5.15 Å². The molecular formula is C20H19ClN4O4. The van der Waals surface area contributed by atoms with Gasteiger partial charge in [-0.15, -0.1) is 0 Å². The van der Waals surface area contributed by atoms with Gasteiger partial charge in [0.15, 0.2) is 5.75 Å². The van der Waals surface area contributed by atoms with Crippen LogP contribution < -0.4 is 10.3 Å². The molecule has 0 saturated carbocycles. The van der Waals surface area contributed by atoms with Crippen LogP contribution in [0, 0.1) is 0 Å². The van der Waals surface area contributed by atoms with Gasteiger partial charge in [0.2, 0.25) is 0 Å². The van der Waals surface area contributed by atoms with Gasteiger partial charge in [-0.3, -0.25) is 9.36 Å². The normalized spacial score (nSPS) is 16.2. The molecule has 9 heteroatoms. The van der Waals surface area contributed by atoms with E-state index in [1.54, 1.807) is 18.0 Å². The average Bonchev–Trinajstić information content (AvgIpc) is 3.20. The number of carbonyl (C=O) groups is 1. The average molecular weight is 415 g/mol. The van der Waals surface area contributed by atoms with E-state index >= 15 is 0 Å². The zero-order valence-corrected chi connectivity index (χ0v) is 16.5. The number of pyridine rings is 1. The zero-order valence-electron chi connectivity index (χ0n) is 15.7. The molecule has 1 aliphatic rings. The predicted octanol–water partition coefficient (Wildman–Crippen LogP) is 2.77. The molecule has 3 heterocycles. The smallest absolute Gasteiger partial charge is 0.410 e. The summed E-state index contributed by atoms with van der Waals surface area (Å²) in [5.74, 6) is 0.154. The Morgan fingerprint density at radius 1 is 1.28 bits per heavy atom. The van der Waals surface area contributed by atoms with Crippen LogP contribution in [0.15, 0.2) is 47.5 Å². The van der Waals surface area contributed by atoms with Gasteiger partial charge in [-0.05, 0) is 11.6 Å². The van der Waals surface area contributed by atoms with Gasteiger partial charge in [-0.25, -0.2) is 14.8 Å². The van der Waals surface area contributed by atoms with Crippen LogP contribution in [-0.4, -0.2) is 44.7 Å². The number of carbonyl (C=O) groups excluding carboxylic acids is 1. The predicted molar refractivity (Wildman–Crippen MR) is 107 cm³/mol. The van der Waals surface area contributed by atoms with Crippen molar-refractivity contribution in [3.8, 4) is 5.75 Å². The molecule has 4 rings (SSSR count). The number of nitrogens with zero attached hydrogens (tertiary/aromatic N) is 4. The second-order valence-electron chi connectivity index (χ2n) is 6.79. The van der Waals surface area contributed by atoms with E-state index in [1.807, 2.05) is 30.3 Å². The molecule has 29 heavy (non-hydrogen) atoms. The summed E-state index contributed by atoms with van der Waals surface area (Å²) in [7, 11) is 1.60. The van der Waals surface area contributed by atoms with Crippen molar-refractivity contribution in [3.63, 3.8) is 0 Å². The maximum absolute atomic E-state index is 12.6. The minimum Gasteiger partial charge on any atom is -0.483 e. The number of amides is 1. The van der Waals surface area contributed by atoms with Gasteiger partial charge in [0.05, 0.1) is 11.9 Å². The quantitative estimate of drug-likeness (QED) is 0.610. The topological polar surface area (TPSA) is 86.5 Å². The maximum atomic E-state index is 12.6. The number of aryl methyl sites for hydroxylation is 1. The van der Waals surface area contributed by atoms with Gasteiger partial charge in [-0.2, -0.15) is 0 Å². The lowest BCUT2D eigenvalue weighted by Crippen LogP contribution is -2.32.